The molecule has 4 rings (SSSR count). The van der Waals surface area contributed by atoms with Crippen molar-refractivity contribution in [2.75, 3.05) is 0 Å². The van der Waals surface area contributed by atoms with E-state index in [1.807, 2.05) is 41.1 Å². The van der Waals surface area contributed by atoms with E-state index in [1.54, 1.807) is 30.7 Å². The Labute approximate surface area is 166 Å². The largest absolute Gasteiger partial charge is 0.342 e. The summed E-state index contributed by atoms with van der Waals surface area (Å²) in [6, 6.07) is 15.9. The van der Waals surface area contributed by atoms with Crippen molar-refractivity contribution in [1.29, 1.82) is 0 Å². The van der Waals surface area contributed by atoms with Gasteiger partial charge in [0.05, 0.1) is 25.1 Å². The molecule has 29 heavy (non-hydrogen) atoms. The summed E-state index contributed by atoms with van der Waals surface area (Å²) in [4.78, 5) is 16.8. The molecule has 2 aromatic carbocycles. The van der Waals surface area contributed by atoms with Crippen molar-refractivity contribution >= 4 is 5.91 Å². The van der Waals surface area contributed by atoms with Crippen molar-refractivity contribution in [3.63, 3.8) is 0 Å². The van der Waals surface area contributed by atoms with Gasteiger partial charge < -0.3 is 9.88 Å². The Balaban J connectivity index is 1.49. The van der Waals surface area contributed by atoms with Gasteiger partial charge in [-0.3, -0.25) is 4.79 Å². The van der Waals surface area contributed by atoms with Gasteiger partial charge in [0.1, 0.15) is 5.82 Å². The lowest BCUT2D eigenvalue weighted by atomic mass is 10.1. The van der Waals surface area contributed by atoms with Gasteiger partial charge >= 0.3 is 0 Å². The van der Waals surface area contributed by atoms with Crippen LogP contribution in [-0.2, 0) is 13.1 Å². The number of rotatable bonds is 7. The molecule has 0 aliphatic carbocycles. The standard InChI is InChI=1S/C21H19FN6O/c22-18-9-5-4-8-17(18)12-28-14-20(25-26-28)21(29)24-19(13-27-11-10-23-15-27)16-6-2-1-3-7-16/h1-11,14-15,19H,12-13H2,(H,24,29). The van der Waals surface area contributed by atoms with Crippen LogP contribution >= 0.6 is 0 Å². The Hall–Kier alpha value is -3.81. The maximum absolute atomic E-state index is 13.8. The van der Waals surface area contributed by atoms with Gasteiger partial charge in [-0.1, -0.05) is 53.7 Å². The Bertz CT molecular complexity index is 1080. The number of carbonyl (C=O) groups excluding carboxylic acids is 1. The van der Waals surface area contributed by atoms with Crippen LogP contribution in [0.25, 0.3) is 0 Å². The Morgan fingerprint density at radius 3 is 2.66 bits per heavy atom. The third kappa shape index (κ3) is 4.55. The summed E-state index contributed by atoms with van der Waals surface area (Å²) >= 11 is 0. The summed E-state index contributed by atoms with van der Waals surface area (Å²) in [6.07, 6.45) is 6.75. The summed E-state index contributed by atoms with van der Waals surface area (Å²) in [5, 5.41) is 10.9. The van der Waals surface area contributed by atoms with Crippen LogP contribution in [0.5, 0.6) is 0 Å². The van der Waals surface area contributed by atoms with E-state index in [2.05, 4.69) is 20.6 Å². The molecule has 0 aliphatic rings. The lowest BCUT2D eigenvalue weighted by molar-refractivity contribution is 0.0927. The SMILES string of the molecule is O=C(NC(Cn1ccnc1)c1ccccc1)c1cn(Cc2ccccc2F)nn1. The molecule has 146 valence electrons. The van der Waals surface area contributed by atoms with Gasteiger partial charge in [-0.05, 0) is 11.6 Å². The average Bonchev–Trinajstić information content (AvgIpc) is 3.42. The zero-order valence-electron chi connectivity index (χ0n) is 15.5. The number of nitrogens with one attached hydrogen (secondary N) is 1. The highest BCUT2D eigenvalue weighted by Crippen LogP contribution is 2.16. The molecule has 0 radical (unpaired) electrons. The molecule has 0 fully saturated rings. The quantitative estimate of drug-likeness (QED) is 0.526. The molecular formula is C21H19FN6O. The molecule has 4 aromatic rings. The maximum Gasteiger partial charge on any atom is 0.274 e. The molecule has 1 unspecified atom stereocenters. The van der Waals surface area contributed by atoms with E-state index in [1.165, 1.54) is 16.9 Å². The third-order valence-corrected chi connectivity index (χ3v) is 4.52. The van der Waals surface area contributed by atoms with E-state index in [9.17, 15) is 9.18 Å². The number of halogens is 1. The topological polar surface area (TPSA) is 77.6 Å². The fraction of sp³-hybridized carbons (Fsp3) is 0.143. The predicted octanol–water partition coefficient (Wildman–Crippen LogP) is 2.83. The van der Waals surface area contributed by atoms with Gasteiger partial charge in [-0.25, -0.2) is 14.1 Å². The normalized spacial score (nSPS) is 11.9. The molecule has 8 heteroatoms. The number of hydrogen-bond donors (Lipinski definition) is 1. The first kappa shape index (κ1) is 18.5. The second kappa shape index (κ2) is 8.47. The van der Waals surface area contributed by atoms with Gasteiger partial charge in [-0.15, -0.1) is 5.10 Å². The number of nitrogens with zero attached hydrogens (tertiary/aromatic N) is 5. The highest BCUT2D eigenvalue weighted by atomic mass is 19.1. The molecule has 2 aromatic heterocycles. The number of carbonyl (C=O) groups is 1. The Morgan fingerprint density at radius 1 is 1.10 bits per heavy atom. The van der Waals surface area contributed by atoms with Gasteiger partial charge in [0.15, 0.2) is 5.69 Å². The van der Waals surface area contributed by atoms with Crippen LogP contribution in [0, 0.1) is 5.82 Å². The van der Waals surface area contributed by atoms with E-state index in [4.69, 9.17) is 0 Å². The molecule has 1 atom stereocenters. The van der Waals surface area contributed by atoms with E-state index >= 15 is 0 Å². The van der Waals surface area contributed by atoms with Crippen molar-refractivity contribution in [1.82, 2.24) is 29.9 Å². The molecule has 2 heterocycles. The van der Waals surface area contributed by atoms with Gasteiger partial charge in [-0.2, -0.15) is 0 Å². The highest BCUT2D eigenvalue weighted by molar-refractivity contribution is 5.92. The number of hydrogen-bond acceptors (Lipinski definition) is 4. The van der Waals surface area contributed by atoms with E-state index < -0.39 is 0 Å². The third-order valence-electron chi connectivity index (χ3n) is 4.52. The smallest absolute Gasteiger partial charge is 0.274 e. The van der Waals surface area contributed by atoms with Crippen molar-refractivity contribution in [2.45, 2.75) is 19.1 Å². The predicted molar refractivity (Wildman–Crippen MR) is 104 cm³/mol. The molecular weight excluding hydrogens is 371 g/mol. The first-order chi connectivity index (χ1) is 14.2. The van der Waals surface area contributed by atoms with E-state index in [0.717, 1.165) is 5.56 Å². The molecule has 7 nitrogen and oxygen atoms in total. The molecule has 0 saturated carbocycles. The molecule has 1 amide bonds. The first-order valence-electron chi connectivity index (χ1n) is 9.14. The first-order valence-corrected chi connectivity index (χ1v) is 9.14. The molecule has 1 N–H and O–H groups in total. The van der Waals surface area contributed by atoms with Crippen LogP contribution in [0.15, 0.2) is 79.5 Å². The van der Waals surface area contributed by atoms with Crippen molar-refractivity contribution < 1.29 is 9.18 Å². The minimum Gasteiger partial charge on any atom is -0.342 e. The van der Waals surface area contributed by atoms with Crippen molar-refractivity contribution in [2.24, 2.45) is 0 Å². The maximum atomic E-state index is 13.8. The highest BCUT2D eigenvalue weighted by Gasteiger charge is 2.19. The second-order valence-electron chi connectivity index (χ2n) is 6.59. The summed E-state index contributed by atoms with van der Waals surface area (Å²) in [5.41, 5.74) is 1.62. The summed E-state index contributed by atoms with van der Waals surface area (Å²) in [7, 11) is 0. The number of amides is 1. The number of benzene rings is 2. The van der Waals surface area contributed by atoms with Crippen LogP contribution in [-0.4, -0.2) is 30.5 Å². The molecule has 0 saturated heterocycles. The lowest BCUT2D eigenvalue weighted by Crippen LogP contribution is -2.31. The van der Waals surface area contributed by atoms with Crippen molar-refractivity contribution in [3.8, 4) is 0 Å². The average molecular weight is 390 g/mol. The molecule has 0 spiro atoms. The van der Waals surface area contributed by atoms with Crippen LogP contribution in [0.1, 0.15) is 27.7 Å². The molecule has 0 bridgehead atoms. The zero-order chi connectivity index (χ0) is 20.1. The van der Waals surface area contributed by atoms with Gasteiger partial charge in [0.2, 0.25) is 0 Å². The monoisotopic (exact) mass is 390 g/mol. The van der Waals surface area contributed by atoms with Crippen LogP contribution < -0.4 is 5.32 Å². The second-order valence-corrected chi connectivity index (χ2v) is 6.59. The van der Waals surface area contributed by atoms with Gasteiger partial charge in [0.25, 0.3) is 5.91 Å². The number of aromatic nitrogens is 5. The van der Waals surface area contributed by atoms with Crippen LogP contribution in [0.4, 0.5) is 4.39 Å². The van der Waals surface area contributed by atoms with E-state index in [0.29, 0.717) is 12.1 Å². The Morgan fingerprint density at radius 2 is 1.90 bits per heavy atom. The minimum absolute atomic E-state index is 0.174. The van der Waals surface area contributed by atoms with E-state index in [-0.39, 0.29) is 30.0 Å². The minimum atomic E-state index is -0.348. The fourth-order valence-corrected chi connectivity index (χ4v) is 3.04. The number of imidazole rings is 1. The lowest BCUT2D eigenvalue weighted by Gasteiger charge is -2.19. The summed E-state index contributed by atoms with van der Waals surface area (Å²) in [6.45, 7) is 0.725. The van der Waals surface area contributed by atoms with Crippen LogP contribution in [0.2, 0.25) is 0 Å². The fourth-order valence-electron chi connectivity index (χ4n) is 3.04. The summed E-state index contributed by atoms with van der Waals surface area (Å²) in [5.74, 6) is -0.669. The van der Waals surface area contributed by atoms with Crippen molar-refractivity contribution in [3.05, 3.63) is 102 Å². The van der Waals surface area contributed by atoms with Crippen LogP contribution in [0.3, 0.4) is 0 Å². The molecule has 0 aliphatic heterocycles. The summed E-state index contributed by atoms with van der Waals surface area (Å²) < 4.78 is 17.2. The zero-order valence-corrected chi connectivity index (χ0v) is 15.5. The Kier molecular flexibility index (Phi) is 5.42. The van der Waals surface area contributed by atoms with Gasteiger partial charge in [0, 0.05) is 24.5 Å².